The number of hydrogen-bond acceptors (Lipinski definition) is 8. The number of aryl methyl sites for hydroxylation is 1. The fourth-order valence-corrected chi connectivity index (χ4v) is 7.77. The number of aliphatic imine (C=N–C) groups is 1. The number of nitrogens with zero attached hydrogens (tertiary/aromatic N) is 1. The molecule has 0 spiro atoms. The fourth-order valence-electron chi connectivity index (χ4n) is 4.10. The number of nitrogens with one attached hydrogen (secondary N) is 2. The molecule has 1 fully saturated rings. The number of rotatable bonds is 9. The van der Waals surface area contributed by atoms with E-state index in [0.717, 1.165) is 22.6 Å². The van der Waals surface area contributed by atoms with Gasteiger partial charge < -0.3 is 20.1 Å². The third-order valence-electron chi connectivity index (χ3n) is 5.87. The Morgan fingerprint density at radius 1 is 1.09 bits per heavy atom. The maximum absolute atomic E-state index is 12.8. The van der Waals surface area contributed by atoms with Crippen LogP contribution in [0.25, 0.3) is 0 Å². The molecule has 188 valence electrons. The van der Waals surface area contributed by atoms with Crippen LogP contribution >= 0.6 is 11.8 Å². The number of ether oxygens (including phenoxy) is 2. The summed E-state index contributed by atoms with van der Waals surface area (Å²) >= 11 is 1.46. The van der Waals surface area contributed by atoms with Gasteiger partial charge in [0, 0.05) is 23.0 Å². The van der Waals surface area contributed by atoms with Crippen LogP contribution < -0.4 is 20.1 Å². The monoisotopic (exact) mass is 517 g/mol. The van der Waals surface area contributed by atoms with E-state index in [0.29, 0.717) is 42.7 Å². The molecule has 0 aromatic heterocycles. The first-order valence-electron chi connectivity index (χ1n) is 11.8. The van der Waals surface area contributed by atoms with E-state index < -0.39 is 9.84 Å². The van der Waals surface area contributed by atoms with E-state index >= 15 is 0 Å². The largest absolute Gasteiger partial charge is 0.490 e. The van der Waals surface area contributed by atoms with Crippen LogP contribution in [0.15, 0.2) is 41.4 Å². The van der Waals surface area contributed by atoms with Gasteiger partial charge in [-0.25, -0.2) is 8.42 Å². The average molecular weight is 518 g/mol. The molecule has 10 heteroatoms. The van der Waals surface area contributed by atoms with E-state index in [1.54, 1.807) is 6.07 Å². The fraction of sp³-hybridized carbons (Fsp3) is 0.440. The van der Waals surface area contributed by atoms with Crippen molar-refractivity contribution in [2.24, 2.45) is 4.99 Å². The van der Waals surface area contributed by atoms with Crippen molar-refractivity contribution in [3.63, 3.8) is 0 Å². The number of thioether (sulfide) groups is 1. The molecule has 0 saturated carbocycles. The Kier molecular flexibility index (Phi) is 7.91. The van der Waals surface area contributed by atoms with E-state index in [1.807, 2.05) is 51.1 Å². The van der Waals surface area contributed by atoms with Gasteiger partial charge in [-0.2, -0.15) is 0 Å². The molecule has 35 heavy (non-hydrogen) atoms. The summed E-state index contributed by atoms with van der Waals surface area (Å²) in [6.07, 6.45) is 0.661. The molecule has 8 nitrogen and oxygen atoms in total. The molecule has 0 aliphatic carbocycles. The second-order valence-corrected chi connectivity index (χ2v) is 11.9. The normalized spacial score (nSPS) is 20.1. The number of amidine groups is 1. The van der Waals surface area contributed by atoms with Gasteiger partial charge in [-0.15, -0.1) is 0 Å². The lowest BCUT2D eigenvalue weighted by molar-refractivity contribution is 0.0954. The topological polar surface area (TPSA) is 106 Å². The summed E-state index contributed by atoms with van der Waals surface area (Å²) in [7, 11) is -2.99. The van der Waals surface area contributed by atoms with E-state index in [1.165, 1.54) is 11.8 Å². The lowest BCUT2D eigenvalue weighted by atomic mass is 10.1. The Hall–Kier alpha value is -2.72. The third-order valence-corrected chi connectivity index (χ3v) is 9.01. The summed E-state index contributed by atoms with van der Waals surface area (Å²) in [5.74, 6) is 1.54. The van der Waals surface area contributed by atoms with E-state index in [4.69, 9.17) is 9.47 Å². The summed E-state index contributed by atoms with van der Waals surface area (Å²) < 4.78 is 34.9. The zero-order valence-electron chi connectivity index (χ0n) is 20.2. The van der Waals surface area contributed by atoms with Gasteiger partial charge in [0.15, 0.2) is 26.5 Å². The summed E-state index contributed by atoms with van der Waals surface area (Å²) in [6, 6.07) is 11.1. The average Bonchev–Trinajstić information content (AvgIpc) is 3.29. The molecule has 1 saturated heterocycles. The van der Waals surface area contributed by atoms with Gasteiger partial charge in [0.2, 0.25) is 0 Å². The highest BCUT2D eigenvalue weighted by atomic mass is 32.2. The lowest BCUT2D eigenvalue weighted by Crippen LogP contribution is -2.26. The summed E-state index contributed by atoms with van der Waals surface area (Å²) in [5.41, 5.74) is 3.37. The Balaban J connectivity index is 1.35. The molecule has 2 heterocycles. The molecule has 4 rings (SSSR count). The SMILES string of the molecule is CCOc1ccc(CCNC(=O)c2ccc(C)c(NC3=N[C@H]4CS(=O)(=O)C[C@H]4S3)c2)cc1OCC. The van der Waals surface area contributed by atoms with Crippen molar-refractivity contribution >= 4 is 38.4 Å². The standard InChI is InChI=1S/C25H31N3O5S2/c1-4-32-21-9-7-17(12-22(21)33-5-2)10-11-26-24(29)18-8-6-16(3)19(13-18)27-25-28-20-14-35(30,31)15-23(20)34-25/h6-9,12-13,20,23H,4-5,10-11,14-15H2,1-3H3,(H,26,29)(H,27,28)/t20-,23+/m0/s1. The Labute approximate surface area is 210 Å². The first-order chi connectivity index (χ1) is 16.8. The molecular formula is C25H31N3O5S2. The van der Waals surface area contributed by atoms with Crippen LogP contribution in [0, 0.1) is 6.92 Å². The summed E-state index contributed by atoms with van der Waals surface area (Å²) in [6.45, 7) is 7.42. The first kappa shape index (κ1) is 25.4. The number of amides is 1. The van der Waals surface area contributed by atoms with E-state index in [2.05, 4.69) is 15.6 Å². The number of fused-ring (bicyclic) bond motifs is 1. The number of hydrogen-bond donors (Lipinski definition) is 2. The summed E-state index contributed by atoms with van der Waals surface area (Å²) in [5, 5.41) is 6.95. The number of anilines is 1. The van der Waals surface area contributed by atoms with E-state index in [-0.39, 0.29) is 28.7 Å². The van der Waals surface area contributed by atoms with Crippen molar-refractivity contribution in [1.82, 2.24) is 5.32 Å². The highest BCUT2D eigenvalue weighted by molar-refractivity contribution is 8.15. The predicted molar refractivity (Wildman–Crippen MR) is 141 cm³/mol. The highest BCUT2D eigenvalue weighted by Crippen LogP contribution is 2.35. The van der Waals surface area contributed by atoms with Gasteiger partial charge in [-0.05, 0) is 62.6 Å². The zero-order chi connectivity index (χ0) is 25.0. The number of benzene rings is 2. The summed E-state index contributed by atoms with van der Waals surface area (Å²) in [4.78, 5) is 17.3. The maximum Gasteiger partial charge on any atom is 0.251 e. The first-order valence-corrected chi connectivity index (χ1v) is 14.5. The molecule has 2 atom stereocenters. The Morgan fingerprint density at radius 3 is 2.60 bits per heavy atom. The van der Waals surface area contributed by atoms with Gasteiger partial charge in [-0.1, -0.05) is 23.9 Å². The Bertz CT molecular complexity index is 1230. The molecule has 2 aromatic carbocycles. The minimum Gasteiger partial charge on any atom is -0.490 e. The molecule has 1 amide bonds. The number of carbonyl (C=O) groups excluding carboxylic acids is 1. The van der Waals surface area contributed by atoms with Crippen molar-refractivity contribution in [2.75, 3.05) is 36.6 Å². The predicted octanol–water partition coefficient (Wildman–Crippen LogP) is 3.45. The van der Waals surface area contributed by atoms with E-state index in [9.17, 15) is 13.2 Å². The van der Waals surface area contributed by atoms with Crippen molar-refractivity contribution in [2.45, 2.75) is 38.5 Å². The molecule has 2 aromatic rings. The molecule has 2 aliphatic rings. The molecule has 0 unspecified atom stereocenters. The molecular weight excluding hydrogens is 486 g/mol. The van der Waals surface area contributed by atoms with Crippen molar-refractivity contribution in [3.05, 3.63) is 53.1 Å². The molecule has 2 aliphatic heterocycles. The molecule has 2 N–H and O–H groups in total. The number of carbonyl (C=O) groups is 1. The zero-order valence-corrected chi connectivity index (χ0v) is 21.8. The van der Waals surface area contributed by atoms with Crippen LogP contribution in [-0.2, 0) is 16.3 Å². The highest BCUT2D eigenvalue weighted by Gasteiger charge is 2.42. The maximum atomic E-state index is 12.8. The van der Waals surface area contributed by atoms with Crippen molar-refractivity contribution in [3.8, 4) is 11.5 Å². The van der Waals surface area contributed by atoms with Gasteiger partial charge in [0.25, 0.3) is 5.91 Å². The minimum absolute atomic E-state index is 0.0277. The van der Waals surface area contributed by atoms with Gasteiger partial charge in [-0.3, -0.25) is 9.79 Å². The van der Waals surface area contributed by atoms with Crippen molar-refractivity contribution in [1.29, 1.82) is 0 Å². The van der Waals surface area contributed by atoms with Gasteiger partial charge in [0.1, 0.15) is 0 Å². The van der Waals surface area contributed by atoms with Gasteiger partial charge >= 0.3 is 0 Å². The smallest absolute Gasteiger partial charge is 0.251 e. The van der Waals surface area contributed by atoms with Crippen LogP contribution in [0.5, 0.6) is 11.5 Å². The molecule has 0 bridgehead atoms. The quantitative estimate of drug-likeness (QED) is 0.525. The second kappa shape index (κ2) is 10.9. The van der Waals surface area contributed by atoms with Gasteiger partial charge in [0.05, 0.1) is 30.8 Å². The molecule has 0 radical (unpaired) electrons. The lowest BCUT2D eigenvalue weighted by Gasteiger charge is -2.13. The number of sulfone groups is 1. The Morgan fingerprint density at radius 2 is 1.86 bits per heavy atom. The van der Waals surface area contributed by atoms with Crippen LogP contribution in [-0.4, -0.2) is 62.0 Å². The van der Waals surface area contributed by atoms with Crippen LogP contribution in [0.3, 0.4) is 0 Å². The third kappa shape index (κ3) is 6.29. The second-order valence-electron chi connectivity index (χ2n) is 8.54. The van der Waals surface area contributed by atoms with Crippen LogP contribution in [0.4, 0.5) is 5.69 Å². The minimum atomic E-state index is -2.99. The van der Waals surface area contributed by atoms with Crippen molar-refractivity contribution < 1.29 is 22.7 Å². The van der Waals surface area contributed by atoms with Crippen LogP contribution in [0.2, 0.25) is 0 Å². The van der Waals surface area contributed by atoms with Crippen LogP contribution in [0.1, 0.15) is 35.3 Å².